The van der Waals surface area contributed by atoms with E-state index in [1.807, 2.05) is 0 Å². The van der Waals surface area contributed by atoms with Crippen molar-refractivity contribution >= 4 is 29.3 Å². The van der Waals surface area contributed by atoms with E-state index in [1.54, 1.807) is 0 Å². The Bertz CT molecular complexity index is 853. The van der Waals surface area contributed by atoms with Crippen molar-refractivity contribution in [3.63, 3.8) is 0 Å². The Kier molecular flexibility index (Phi) is 5.33. The molecule has 1 aromatic heterocycles. The zero-order valence-corrected chi connectivity index (χ0v) is 13.8. The number of ketones is 1. The van der Waals surface area contributed by atoms with Crippen molar-refractivity contribution in [3.8, 4) is 0 Å². The van der Waals surface area contributed by atoms with Crippen LogP contribution in [0.2, 0.25) is 0 Å². The second-order valence-electron chi connectivity index (χ2n) is 5.04. The fourth-order valence-corrected chi connectivity index (χ4v) is 2.10. The van der Waals surface area contributed by atoms with Crippen molar-refractivity contribution in [1.29, 1.82) is 0 Å². The van der Waals surface area contributed by atoms with Crippen LogP contribution in [0.1, 0.15) is 48.6 Å². The number of ether oxygens (including phenoxy) is 2. The molecule has 1 heterocycles. The summed E-state index contributed by atoms with van der Waals surface area (Å²) in [4.78, 5) is 49.8. The molecule has 2 rings (SSSR count). The smallest absolute Gasteiger partial charge is 0.339 e. The maximum Gasteiger partial charge on any atom is 0.339 e. The molecule has 8 heteroatoms. The van der Waals surface area contributed by atoms with Gasteiger partial charge in [-0.3, -0.25) is 9.59 Å². The van der Waals surface area contributed by atoms with Gasteiger partial charge < -0.3 is 19.8 Å². The molecule has 130 valence electrons. The van der Waals surface area contributed by atoms with Gasteiger partial charge in [-0.1, -0.05) is 0 Å². The molecule has 2 aromatic rings. The standard InChI is InChI=1S/C17H16N2O6/c1-9(20)12-6-7-13(18-12)15(21)19-14-8-10(16(22)24-2)4-5-11(14)17(23)25-3/h4-8,18H,1-3H3,(H,19,21). The summed E-state index contributed by atoms with van der Waals surface area (Å²) in [6.07, 6.45) is 0. The van der Waals surface area contributed by atoms with E-state index in [-0.39, 0.29) is 34.0 Å². The molecule has 0 atom stereocenters. The van der Waals surface area contributed by atoms with Crippen molar-refractivity contribution in [3.05, 3.63) is 52.8 Å². The summed E-state index contributed by atoms with van der Waals surface area (Å²) >= 11 is 0. The second-order valence-corrected chi connectivity index (χ2v) is 5.04. The van der Waals surface area contributed by atoms with E-state index >= 15 is 0 Å². The molecule has 0 aliphatic rings. The normalized spacial score (nSPS) is 10.0. The molecular weight excluding hydrogens is 328 g/mol. The summed E-state index contributed by atoms with van der Waals surface area (Å²) in [5, 5.41) is 2.52. The van der Waals surface area contributed by atoms with Gasteiger partial charge in [-0.2, -0.15) is 0 Å². The number of aromatic amines is 1. The van der Waals surface area contributed by atoms with Gasteiger partial charge >= 0.3 is 11.9 Å². The lowest BCUT2D eigenvalue weighted by atomic mass is 10.1. The number of hydrogen-bond donors (Lipinski definition) is 2. The van der Waals surface area contributed by atoms with E-state index in [2.05, 4.69) is 19.8 Å². The van der Waals surface area contributed by atoms with Crippen LogP contribution in [0.25, 0.3) is 0 Å². The second kappa shape index (κ2) is 7.43. The predicted octanol–water partition coefficient (Wildman–Crippen LogP) is 2.04. The maximum atomic E-state index is 12.3. The molecule has 25 heavy (non-hydrogen) atoms. The van der Waals surface area contributed by atoms with Gasteiger partial charge in [0, 0.05) is 6.92 Å². The van der Waals surface area contributed by atoms with Gasteiger partial charge in [-0.15, -0.1) is 0 Å². The molecule has 1 aromatic carbocycles. The number of carbonyl (C=O) groups is 4. The quantitative estimate of drug-likeness (QED) is 0.634. The Balaban J connectivity index is 2.37. The summed E-state index contributed by atoms with van der Waals surface area (Å²) in [6, 6.07) is 6.96. The first kappa shape index (κ1) is 17.9. The zero-order chi connectivity index (χ0) is 18.6. The number of H-pyrrole nitrogens is 1. The fraction of sp³-hybridized carbons (Fsp3) is 0.176. The molecule has 1 amide bonds. The van der Waals surface area contributed by atoms with Crippen molar-refractivity contribution in [2.24, 2.45) is 0 Å². The third-order valence-corrected chi connectivity index (χ3v) is 3.40. The Morgan fingerprint density at radius 1 is 0.920 bits per heavy atom. The van der Waals surface area contributed by atoms with E-state index in [1.165, 1.54) is 51.5 Å². The van der Waals surface area contributed by atoms with Crippen LogP contribution >= 0.6 is 0 Å². The molecule has 0 unspecified atom stereocenters. The van der Waals surface area contributed by atoms with Crippen LogP contribution < -0.4 is 5.32 Å². The summed E-state index contributed by atoms with van der Waals surface area (Å²) in [6.45, 7) is 1.36. The van der Waals surface area contributed by atoms with Gasteiger partial charge in [-0.05, 0) is 30.3 Å². The molecule has 0 aliphatic heterocycles. The number of rotatable bonds is 5. The monoisotopic (exact) mass is 344 g/mol. The number of methoxy groups -OCH3 is 2. The maximum absolute atomic E-state index is 12.3. The number of anilines is 1. The van der Waals surface area contributed by atoms with Crippen LogP contribution in [0.4, 0.5) is 5.69 Å². The average Bonchev–Trinajstić information content (AvgIpc) is 3.10. The Hall–Kier alpha value is -3.42. The predicted molar refractivity (Wildman–Crippen MR) is 87.9 cm³/mol. The van der Waals surface area contributed by atoms with Gasteiger partial charge in [0.25, 0.3) is 5.91 Å². The third kappa shape index (κ3) is 3.92. The van der Waals surface area contributed by atoms with E-state index in [9.17, 15) is 19.2 Å². The van der Waals surface area contributed by atoms with Crippen LogP contribution in [-0.2, 0) is 9.47 Å². The van der Waals surface area contributed by atoms with Gasteiger partial charge in [0.2, 0.25) is 0 Å². The highest BCUT2D eigenvalue weighted by Gasteiger charge is 2.19. The number of Topliss-reactive ketones (excluding diaryl/α,β-unsaturated/α-hetero) is 1. The van der Waals surface area contributed by atoms with Crippen molar-refractivity contribution < 1.29 is 28.7 Å². The van der Waals surface area contributed by atoms with Gasteiger partial charge in [0.05, 0.1) is 36.7 Å². The molecule has 0 saturated heterocycles. The fourth-order valence-electron chi connectivity index (χ4n) is 2.10. The summed E-state index contributed by atoms with van der Waals surface area (Å²) in [5.41, 5.74) is 0.716. The minimum Gasteiger partial charge on any atom is -0.465 e. The molecule has 0 radical (unpaired) electrons. The number of hydrogen-bond acceptors (Lipinski definition) is 6. The molecule has 2 N–H and O–H groups in total. The zero-order valence-electron chi connectivity index (χ0n) is 13.8. The van der Waals surface area contributed by atoms with Crippen molar-refractivity contribution in [2.45, 2.75) is 6.92 Å². The molecule has 0 bridgehead atoms. The number of nitrogens with one attached hydrogen (secondary N) is 2. The molecule has 8 nitrogen and oxygen atoms in total. The average molecular weight is 344 g/mol. The van der Waals surface area contributed by atoms with Crippen LogP contribution in [0, 0.1) is 0 Å². The minimum atomic E-state index is -0.678. The molecule has 0 saturated carbocycles. The first-order chi connectivity index (χ1) is 11.9. The lowest BCUT2D eigenvalue weighted by molar-refractivity contribution is 0.0587. The van der Waals surface area contributed by atoms with E-state index < -0.39 is 17.8 Å². The third-order valence-electron chi connectivity index (χ3n) is 3.40. The van der Waals surface area contributed by atoms with Gasteiger partial charge in [-0.25, -0.2) is 9.59 Å². The highest BCUT2D eigenvalue weighted by Crippen LogP contribution is 2.20. The molecule has 0 fully saturated rings. The molecule has 0 spiro atoms. The number of aromatic nitrogens is 1. The largest absolute Gasteiger partial charge is 0.465 e. The highest BCUT2D eigenvalue weighted by atomic mass is 16.5. The van der Waals surface area contributed by atoms with Crippen LogP contribution in [-0.4, -0.2) is 42.8 Å². The number of carbonyl (C=O) groups excluding carboxylic acids is 4. The number of amides is 1. The van der Waals surface area contributed by atoms with Crippen molar-refractivity contribution in [1.82, 2.24) is 4.98 Å². The Morgan fingerprint density at radius 2 is 1.56 bits per heavy atom. The van der Waals surface area contributed by atoms with Crippen LogP contribution in [0.3, 0.4) is 0 Å². The Labute approximate surface area is 143 Å². The van der Waals surface area contributed by atoms with Gasteiger partial charge in [0.15, 0.2) is 5.78 Å². The molecule has 0 aliphatic carbocycles. The number of esters is 2. The van der Waals surface area contributed by atoms with Crippen molar-refractivity contribution in [2.75, 3.05) is 19.5 Å². The SMILES string of the molecule is COC(=O)c1ccc(C(=O)OC)c(NC(=O)c2ccc(C(C)=O)[nH]2)c1. The lowest BCUT2D eigenvalue weighted by Gasteiger charge is -2.11. The van der Waals surface area contributed by atoms with Gasteiger partial charge in [0.1, 0.15) is 5.69 Å². The van der Waals surface area contributed by atoms with Crippen LogP contribution in [0.15, 0.2) is 30.3 Å². The molecular formula is C17H16N2O6. The minimum absolute atomic E-state index is 0.0712. The van der Waals surface area contributed by atoms with E-state index in [4.69, 9.17) is 0 Å². The summed E-state index contributed by atoms with van der Waals surface area (Å²) in [5.74, 6) is -2.10. The highest BCUT2D eigenvalue weighted by molar-refractivity contribution is 6.09. The topological polar surface area (TPSA) is 115 Å². The first-order valence-electron chi connectivity index (χ1n) is 7.19. The number of benzene rings is 1. The Morgan fingerprint density at radius 3 is 2.12 bits per heavy atom. The summed E-state index contributed by atoms with van der Waals surface area (Å²) in [7, 11) is 2.42. The van der Waals surface area contributed by atoms with E-state index in [0.29, 0.717) is 0 Å². The first-order valence-corrected chi connectivity index (χ1v) is 7.19. The lowest BCUT2D eigenvalue weighted by Crippen LogP contribution is -2.17. The van der Waals surface area contributed by atoms with Crippen LogP contribution in [0.5, 0.6) is 0 Å². The van der Waals surface area contributed by atoms with E-state index in [0.717, 1.165) is 0 Å². The summed E-state index contributed by atoms with van der Waals surface area (Å²) < 4.78 is 9.29.